The monoisotopic (exact) mass is 269 g/mol. The minimum atomic E-state index is -3.14. The lowest BCUT2D eigenvalue weighted by molar-refractivity contribution is -0.116. The average Bonchev–Trinajstić information content (AvgIpc) is 2.57. The maximum Gasteiger partial charge on any atom is 0.224 e. The molecule has 1 atom stereocenters. The third-order valence-corrected chi connectivity index (χ3v) is 4.02. The van der Waals surface area contributed by atoms with E-state index in [1.54, 1.807) is 6.07 Å². The van der Waals surface area contributed by atoms with Crippen molar-refractivity contribution in [3.05, 3.63) is 41.6 Å². The van der Waals surface area contributed by atoms with E-state index in [1.165, 1.54) is 24.3 Å². The van der Waals surface area contributed by atoms with Gasteiger partial charge in [0, 0.05) is 23.4 Å². The van der Waals surface area contributed by atoms with Crippen molar-refractivity contribution in [2.45, 2.75) is 6.42 Å². The summed E-state index contributed by atoms with van der Waals surface area (Å²) in [7, 11) is -3.14. The second-order valence-electron chi connectivity index (χ2n) is 4.18. The quantitative estimate of drug-likeness (QED) is 0.908. The first-order valence-corrected chi connectivity index (χ1v) is 7.12. The zero-order valence-corrected chi connectivity index (χ0v) is 10.3. The van der Waals surface area contributed by atoms with Crippen LogP contribution in [0.3, 0.4) is 0 Å². The number of benzene rings is 1. The average molecular weight is 269 g/mol. The van der Waals surface area contributed by atoms with Crippen molar-refractivity contribution in [1.29, 1.82) is 0 Å². The fourth-order valence-corrected chi connectivity index (χ4v) is 3.18. The number of carbonyl (C=O) groups is 1. The molecule has 0 spiro atoms. The predicted molar refractivity (Wildman–Crippen MR) is 66.1 cm³/mol. The van der Waals surface area contributed by atoms with E-state index in [0.29, 0.717) is 5.69 Å². The molecule has 0 aromatic heterocycles. The zero-order valence-electron chi connectivity index (χ0n) is 9.47. The van der Waals surface area contributed by atoms with Gasteiger partial charge in [0.15, 0.2) is 9.84 Å². The van der Waals surface area contributed by atoms with Crippen molar-refractivity contribution in [2.24, 2.45) is 5.92 Å². The lowest BCUT2D eigenvalue weighted by Gasteiger charge is -2.08. The molecule has 0 fully saturated rings. The first kappa shape index (κ1) is 12.8. The number of halogens is 1. The third kappa shape index (κ3) is 3.40. The van der Waals surface area contributed by atoms with Crippen LogP contribution in [-0.2, 0) is 14.6 Å². The van der Waals surface area contributed by atoms with Crippen LogP contribution in [-0.4, -0.2) is 20.1 Å². The van der Waals surface area contributed by atoms with Crippen molar-refractivity contribution in [1.82, 2.24) is 0 Å². The van der Waals surface area contributed by atoms with Gasteiger partial charge in [0.25, 0.3) is 0 Å². The molecule has 1 amide bonds. The molecule has 1 aromatic rings. The lowest BCUT2D eigenvalue weighted by atomic mass is 10.1. The summed E-state index contributed by atoms with van der Waals surface area (Å²) in [6.45, 7) is 0. The minimum Gasteiger partial charge on any atom is -0.326 e. The first-order chi connectivity index (χ1) is 8.44. The fraction of sp³-hybridized carbons (Fsp3) is 0.250. The highest BCUT2D eigenvalue weighted by molar-refractivity contribution is 7.94. The number of anilines is 1. The molecule has 4 nitrogen and oxygen atoms in total. The van der Waals surface area contributed by atoms with Gasteiger partial charge in [-0.25, -0.2) is 12.8 Å². The molecule has 0 aliphatic carbocycles. The zero-order chi connectivity index (χ0) is 13.2. The summed E-state index contributed by atoms with van der Waals surface area (Å²) in [5.74, 6) is -1.10. The molecule has 1 unspecified atom stereocenters. The van der Waals surface area contributed by atoms with Crippen LogP contribution in [0.1, 0.15) is 6.42 Å². The molecular weight excluding hydrogens is 257 g/mol. The topological polar surface area (TPSA) is 63.2 Å². The van der Waals surface area contributed by atoms with E-state index in [-0.39, 0.29) is 24.0 Å². The molecule has 1 heterocycles. The van der Waals surface area contributed by atoms with E-state index in [4.69, 9.17) is 0 Å². The molecule has 1 aromatic carbocycles. The van der Waals surface area contributed by atoms with E-state index in [0.717, 1.165) is 5.41 Å². The predicted octanol–water partition coefficient (Wildman–Crippen LogP) is 1.71. The van der Waals surface area contributed by atoms with Gasteiger partial charge < -0.3 is 5.32 Å². The van der Waals surface area contributed by atoms with E-state index >= 15 is 0 Å². The van der Waals surface area contributed by atoms with Crippen molar-refractivity contribution < 1.29 is 17.6 Å². The summed E-state index contributed by atoms with van der Waals surface area (Å²) in [5.41, 5.74) is 0.366. The highest BCUT2D eigenvalue weighted by Gasteiger charge is 2.23. The van der Waals surface area contributed by atoms with Gasteiger partial charge in [-0.1, -0.05) is 12.1 Å². The van der Waals surface area contributed by atoms with Crippen molar-refractivity contribution in [3.63, 3.8) is 0 Å². The van der Waals surface area contributed by atoms with E-state index in [2.05, 4.69) is 5.32 Å². The van der Waals surface area contributed by atoms with Crippen molar-refractivity contribution >= 4 is 21.4 Å². The summed E-state index contributed by atoms with van der Waals surface area (Å²) >= 11 is 0. The van der Waals surface area contributed by atoms with Crippen LogP contribution in [0, 0.1) is 11.7 Å². The molecule has 0 saturated carbocycles. The largest absolute Gasteiger partial charge is 0.326 e. The SMILES string of the molecule is O=C(CC1C=CS(=O)(=O)C1)Nc1cccc(F)c1. The van der Waals surface area contributed by atoms with Crippen LogP contribution in [0.25, 0.3) is 0 Å². The summed E-state index contributed by atoms with van der Waals surface area (Å²) in [6, 6.07) is 5.55. The van der Waals surface area contributed by atoms with Gasteiger partial charge in [0.2, 0.25) is 5.91 Å². The van der Waals surface area contributed by atoms with Crippen LogP contribution in [0.4, 0.5) is 10.1 Å². The van der Waals surface area contributed by atoms with Crippen molar-refractivity contribution in [3.8, 4) is 0 Å². The molecule has 0 saturated heterocycles. The van der Waals surface area contributed by atoms with Crippen LogP contribution in [0.15, 0.2) is 35.7 Å². The standard InChI is InChI=1S/C12H12FNO3S/c13-10-2-1-3-11(7-10)14-12(15)6-9-4-5-18(16,17)8-9/h1-5,7,9H,6,8H2,(H,14,15). The van der Waals surface area contributed by atoms with E-state index < -0.39 is 15.7 Å². The molecule has 1 aliphatic heterocycles. The number of hydrogen-bond donors (Lipinski definition) is 1. The molecule has 0 radical (unpaired) electrons. The Morgan fingerprint density at radius 3 is 2.83 bits per heavy atom. The number of rotatable bonds is 3. The van der Waals surface area contributed by atoms with Gasteiger partial charge in [0.1, 0.15) is 5.82 Å². The maximum atomic E-state index is 12.9. The number of allylic oxidation sites excluding steroid dienone is 1. The molecule has 0 bridgehead atoms. The highest BCUT2D eigenvalue weighted by atomic mass is 32.2. The molecule has 1 aliphatic rings. The number of nitrogens with one attached hydrogen (secondary N) is 1. The Bertz CT molecular complexity index is 595. The van der Waals surface area contributed by atoms with Crippen LogP contribution in [0.2, 0.25) is 0 Å². The number of amides is 1. The van der Waals surface area contributed by atoms with E-state index in [1.807, 2.05) is 0 Å². The van der Waals surface area contributed by atoms with Gasteiger partial charge in [0.05, 0.1) is 5.75 Å². The van der Waals surface area contributed by atoms with Gasteiger partial charge in [-0.05, 0) is 18.2 Å². The van der Waals surface area contributed by atoms with Crippen LogP contribution < -0.4 is 5.32 Å². The third-order valence-electron chi connectivity index (χ3n) is 2.56. The lowest BCUT2D eigenvalue weighted by Crippen LogP contribution is -2.17. The summed E-state index contributed by atoms with van der Waals surface area (Å²) in [5, 5.41) is 3.66. The van der Waals surface area contributed by atoms with Crippen molar-refractivity contribution in [2.75, 3.05) is 11.1 Å². The molecule has 2 rings (SSSR count). The summed E-state index contributed by atoms with van der Waals surface area (Å²) in [6.07, 6.45) is 1.59. The van der Waals surface area contributed by atoms with Crippen LogP contribution >= 0.6 is 0 Å². The van der Waals surface area contributed by atoms with E-state index in [9.17, 15) is 17.6 Å². The van der Waals surface area contributed by atoms with Gasteiger partial charge in [-0.15, -0.1) is 0 Å². The normalized spacial score (nSPS) is 20.8. The number of sulfone groups is 1. The minimum absolute atomic E-state index is 0.0381. The Morgan fingerprint density at radius 2 is 2.22 bits per heavy atom. The number of hydrogen-bond acceptors (Lipinski definition) is 3. The Balaban J connectivity index is 1.92. The molecule has 1 N–H and O–H groups in total. The van der Waals surface area contributed by atoms with Gasteiger partial charge >= 0.3 is 0 Å². The van der Waals surface area contributed by atoms with Gasteiger partial charge in [-0.2, -0.15) is 0 Å². The fourth-order valence-electron chi connectivity index (χ4n) is 1.78. The Hall–Kier alpha value is -1.69. The second kappa shape index (κ2) is 4.89. The maximum absolute atomic E-state index is 12.9. The smallest absolute Gasteiger partial charge is 0.224 e. The Morgan fingerprint density at radius 1 is 1.44 bits per heavy atom. The Labute approximate surface area is 104 Å². The molecule has 6 heteroatoms. The summed E-state index contributed by atoms with van der Waals surface area (Å²) < 4.78 is 35.2. The Kier molecular flexibility index (Phi) is 3.47. The molecular formula is C12H12FNO3S. The molecule has 18 heavy (non-hydrogen) atoms. The molecule has 96 valence electrons. The second-order valence-corrected chi connectivity index (χ2v) is 6.11. The summed E-state index contributed by atoms with van der Waals surface area (Å²) in [4.78, 5) is 11.6. The number of carbonyl (C=O) groups excluding carboxylic acids is 1. The van der Waals surface area contributed by atoms with Crippen LogP contribution in [0.5, 0.6) is 0 Å². The first-order valence-electron chi connectivity index (χ1n) is 5.41. The van der Waals surface area contributed by atoms with Gasteiger partial charge in [-0.3, -0.25) is 4.79 Å². The highest BCUT2D eigenvalue weighted by Crippen LogP contribution is 2.19.